The Bertz CT molecular complexity index is 1000. The van der Waals surface area contributed by atoms with E-state index in [1.54, 1.807) is 12.1 Å². The van der Waals surface area contributed by atoms with Crippen LogP contribution in [0.5, 0.6) is 0 Å². The SMILES string of the molecule is CC(C)(C)OC(=O)C1(N)CCCCC[C@@H](Nc2ccc(C(=O)Nc3ccccc3N)cc2)CCC1. The Morgan fingerprint density at radius 2 is 1.60 bits per heavy atom. The molecule has 2 aromatic rings. The van der Waals surface area contributed by atoms with E-state index >= 15 is 0 Å². The van der Waals surface area contributed by atoms with Crippen LogP contribution in [0, 0.1) is 0 Å². The summed E-state index contributed by atoms with van der Waals surface area (Å²) in [5.41, 5.74) is 13.7. The molecule has 0 aliphatic heterocycles. The van der Waals surface area contributed by atoms with Crippen LogP contribution in [0.1, 0.15) is 82.5 Å². The fraction of sp³-hybridized carbons (Fsp3) is 0.500. The van der Waals surface area contributed by atoms with E-state index in [-0.39, 0.29) is 17.9 Å². The number of nitrogen functional groups attached to an aromatic ring is 1. The van der Waals surface area contributed by atoms with Crippen molar-refractivity contribution in [3.63, 3.8) is 0 Å². The second-order valence-electron chi connectivity index (χ2n) is 10.6. The summed E-state index contributed by atoms with van der Waals surface area (Å²) in [4.78, 5) is 25.4. The second-order valence-corrected chi connectivity index (χ2v) is 10.6. The van der Waals surface area contributed by atoms with Gasteiger partial charge < -0.3 is 26.8 Å². The summed E-state index contributed by atoms with van der Waals surface area (Å²) >= 11 is 0. The Kier molecular flexibility index (Phi) is 8.78. The van der Waals surface area contributed by atoms with Crippen LogP contribution < -0.4 is 22.1 Å². The summed E-state index contributed by atoms with van der Waals surface area (Å²) < 4.78 is 5.63. The molecule has 1 fully saturated rings. The number of para-hydroxylation sites is 2. The van der Waals surface area contributed by atoms with Crippen LogP contribution in [0.2, 0.25) is 0 Å². The Balaban J connectivity index is 1.58. The number of hydrogen-bond acceptors (Lipinski definition) is 6. The zero-order chi connectivity index (χ0) is 25.5. The maximum absolute atomic E-state index is 12.8. The van der Waals surface area contributed by atoms with Crippen molar-refractivity contribution in [3.05, 3.63) is 54.1 Å². The fourth-order valence-corrected chi connectivity index (χ4v) is 4.43. The summed E-state index contributed by atoms with van der Waals surface area (Å²) in [5.74, 6) is -0.490. The van der Waals surface area contributed by atoms with Crippen LogP contribution in [-0.4, -0.2) is 29.1 Å². The number of benzene rings is 2. The van der Waals surface area contributed by atoms with Crippen molar-refractivity contribution in [1.29, 1.82) is 0 Å². The van der Waals surface area contributed by atoms with Gasteiger partial charge in [0.05, 0.1) is 11.4 Å². The van der Waals surface area contributed by atoms with Gasteiger partial charge in [0, 0.05) is 17.3 Å². The molecule has 2 aromatic carbocycles. The Morgan fingerprint density at radius 3 is 2.29 bits per heavy atom. The van der Waals surface area contributed by atoms with Crippen molar-refractivity contribution >= 4 is 28.9 Å². The molecule has 0 bridgehead atoms. The van der Waals surface area contributed by atoms with Crippen LogP contribution in [0.25, 0.3) is 0 Å². The second kappa shape index (κ2) is 11.6. The van der Waals surface area contributed by atoms with Gasteiger partial charge in [-0.1, -0.05) is 31.4 Å². The van der Waals surface area contributed by atoms with Crippen LogP contribution in [0.15, 0.2) is 48.5 Å². The van der Waals surface area contributed by atoms with E-state index in [4.69, 9.17) is 16.2 Å². The van der Waals surface area contributed by atoms with Crippen molar-refractivity contribution in [2.45, 2.75) is 89.3 Å². The molecule has 6 N–H and O–H groups in total. The van der Waals surface area contributed by atoms with Gasteiger partial charge in [0.1, 0.15) is 11.1 Å². The van der Waals surface area contributed by atoms with Gasteiger partial charge in [-0.15, -0.1) is 0 Å². The number of anilines is 3. The molecule has 190 valence electrons. The lowest BCUT2D eigenvalue weighted by molar-refractivity contribution is -0.162. The van der Waals surface area contributed by atoms with Gasteiger partial charge in [-0.05, 0) is 89.3 Å². The fourth-order valence-electron chi connectivity index (χ4n) is 4.43. The number of amides is 1. The minimum Gasteiger partial charge on any atom is -0.459 e. The van der Waals surface area contributed by atoms with Crippen molar-refractivity contribution in [2.75, 3.05) is 16.4 Å². The molecule has 0 radical (unpaired) electrons. The van der Waals surface area contributed by atoms with E-state index in [0.29, 0.717) is 29.8 Å². The van der Waals surface area contributed by atoms with Gasteiger partial charge in [0.2, 0.25) is 0 Å². The highest BCUT2D eigenvalue weighted by atomic mass is 16.6. The smallest absolute Gasteiger partial charge is 0.326 e. The summed E-state index contributed by atoms with van der Waals surface area (Å²) in [5, 5.41) is 6.46. The summed E-state index contributed by atoms with van der Waals surface area (Å²) in [6.07, 6.45) is 7.10. The van der Waals surface area contributed by atoms with E-state index < -0.39 is 11.1 Å². The van der Waals surface area contributed by atoms with Crippen molar-refractivity contribution in [1.82, 2.24) is 0 Å². The standard InChI is InChI=1S/C28H40N4O3/c1-27(2,3)35-26(34)28(30)18-8-4-5-10-21(11-9-19-28)31-22-16-14-20(15-17-22)25(33)32-24-13-7-6-12-23(24)29/h6-7,12-17,21,31H,4-5,8-11,18-19,29-30H2,1-3H3,(H,32,33)/t21-,28?/m1/s1. The van der Waals surface area contributed by atoms with Crippen molar-refractivity contribution < 1.29 is 14.3 Å². The first-order valence-electron chi connectivity index (χ1n) is 12.6. The van der Waals surface area contributed by atoms with Crippen LogP contribution in [0.3, 0.4) is 0 Å². The highest BCUT2D eigenvalue weighted by Gasteiger charge is 2.37. The summed E-state index contributed by atoms with van der Waals surface area (Å²) in [6, 6.07) is 14.9. The average molecular weight is 481 g/mol. The number of carbonyl (C=O) groups is 2. The number of nitrogens with two attached hydrogens (primary N) is 2. The third kappa shape index (κ3) is 7.99. The van der Waals surface area contributed by atoms with Gasteiger partial charge in [0.15, 0.2) is 0 Å². The van der Waals surface area contributed by atoms with E-state index in [0.717, 1.165) is 44.2 Å². The number of hydrogen-bond donors (Lipinski definition) is 4. The molecule has 1 aliphatic rings. The number of carbonyl (C=O) groups excluding carboxylic acids is 2. The van der Waals surface area contributed by atoms with E-state index in [2.05, 4.69) is 10.6 Å². The van der Waals surface area contributed by atoms with Gasteiger partial charge in [-0.3, -0.25) is 9.59 Å². The normalized spacial score (nSPS) is 21.5. The third-order valence-electron chi connectivity index (χ3n) is 6.38. The summed E-state index contributed by atoms with van der Waals surface area (Å²) in [6.45, 7) is 5.63. The first kappa shape index (κ1) is 26.5. The topological polar surface area (TPSA) is 119 Å². The van der Waals surface area contributed by atoms with Gasteiger partial charge in [-0.2, -0.15) is 0 Å². The monoisotopic (exact) mass is 480 g/mol. The zero-order valence-corrected chi connectivity index (χ0v) is 21.2. The molecular formula is C28H40N4O3. The first-order chi connectivity index (χ1) is 16.6. The maximum atomic E-state index is 12.8. The maximum Gasteiger partial charge on any atom is 0.326 e. The molecule has 0 spiro atoms. The van der Waals surface area contributed by atoms with Crippen molar-refractivity contribution in [3.8, 4) is 0 Å². The van der Waals surface area contributed by atoms with Gasteiger partial charge >= 0.3 is 5.97 Å². The predicted molar refractivity (Wildman–Crippen MR) is 142 cm³/mol. The minimum atomic E-state index is -0.924. The van der Waals surface area contributed by atoms with Gasteiger partial charge in [-0.25, -0.2) is 0 Å². The van der Waals surface area contributed by atoms with E-state index in [1.807, 2.05) is 57.2 Å². The quantitative estimate of drug-likeness (QED) is 0.332. The Labute approximate surface area is 209 Å². The lowest BCUT2D eigenvalue weighted by Gasteiger charge is -2.33. The molecule has 7 nitrogen and oxygen atoms in total. The number of rotatable bonds is 5. The number of nitrogens with one attached hydrogen (secondary N) is 2. The molecule has 35 heavy (non-hydrogen) atoms. The van der Waals surface area contributed by atoms with E-state index in [9.17, 15) is 9.59 Å². The Morgan fingerprint density at radius 1 is 0.943 bits per heavy atom. The predicted octanol–water partition coefficient (Wildman–Crippen LogP) is 5.48. The average Bonchev–Trinajstić information content (AvgIpc) is 2.79. The molecular weight excluding hydrogens is 440 g/mol. The van der Waals surface area contributed by atoms with Gasteiger partial charge in [0.25, 0.3) is 5.91 Å². The van der Waals surface area contributed by atoms with Crippen molar-refractivity contribution in [2.24, 2.45) is 5.73 Å². The molecule has 0 aromatic heterocycles. The zero-order valence-electron chi connectivity index (χ0n) is 21.2. The highest BCUT2D eigenvalue weighted by molar-refractivity contribution is 6.05. The molecule has 1 saturated carbocycles. The molecule has 0 heterocycles. The largest absolute Gasteiger partial charge is 0.459 e. The van der Waals surface area contributed by atoms with Crippen LogP contribution >= 0.6 is 0 Å². The number of ether oxygens (including phenoxy) is 1. The third-order valence-corrected chi connectivity index (χ3v) is 6.38. The molecule has 1 aliphatic carbocycles. The number of esters is 1. The lowest BCUT2D eigenvalue weighted by Crippen LogP contribution is -2.51. The summed E-state index contributed by atoms with van der Waals surface area (Å²) in [7, 11) is 0. The highest BCUT2D eigenvalue weighted by Crippen LogP contribution is 2.28. The molecule has 1 amide bonds. The van der Waals surface area contributed by atoms with Crippen LogP contribution in [-0.2, 0) is 9.53 Å². The molecule has 2 atom stereocenters. The lowest BCUT2D eigenvalue weighted by atomic mass is 9.85. The molecule has 0 saturated heterocycles. The minimum absolute atomic E-state index is 0.199. The Hall–Kier alpha value is -3.06. The molecule has 7 heteroatoms. The first-order valence-corrected chi connectivity index (χ1v) is 12.6. The molecule has 3 rings (SSSR count). The molecule has 1 unspecified atom stereocenters. The van der Waals surface area contributed by atoms with Crippen LogP contribution in [0.4, 0.5) is 17.1 Å². The van der Waals surface area contributed by atoms with E-state index in [1.165, 1.54) is 0 Å².